The predicted molar refractivity (Wildman–Crippen MR) is 71.6 cm³/mol. The summed E-state index contributed by atoms with van der Waals surface area (Å²) in [5.41, 5.74) is 6.86. The molecule has 0 saturated heterocycles. The van der Waals surface area contributed by atoms with Gasteiger partial charge in [0.1, 0.15) is 0 Å². The van der Waals surface area contributed by atoms with Crippen molar-refractivity contribution in [3.05, 3.63) is 28.5 Å². The first-order valence-corrected chi connectivity index (χ1v) is 6.87. The maximum absolute atomic E-state index is 9.67. The van der Waals surface area contributed by atoms with Crippen LogP contribution in [0.1, 0.15) is 24.8 Å². The van der Waals surface area contributed by atoms with Gasteiger partial charge in [-0.2, -0.15) is 0 Å². The van der Waals surface area contributed by atoms with Crippen LogP contribution in [-0.2, 0) is 6.42 Å². The van der Waals surface area contributed by atoms with Gasteiger partial charge in [0.05, 0.1) is 6.61 Å². The Morgan fingerprint density at radius 1 is 1.47 bits per heavy atom. The summed E-state index contributed by atoms with van der Waals surface area (Å²) in [6.45, 7) is 0.693. The summed E-state index contributed by atoms with van der Waals surface area (Å²) >= 11 is 3.42. The number of nitrogens with zero attached hydrogens (tertiary/aromatic N) is 1. The van der Waals surface area contributed by atoms with Gasteiger partial charge in [-0.05, 0) is 46.3 Å². The van der Waals surface area contributed by atoms with Crippen LogP contribution < -0.4 is 5.73 Å². The fraction of sp³-hybridized carbons (Fsp3) is 0.615. The van der Waals surface area contributed by atoms with Crippen molar-refractivity contribution in [1.29, 1.82) is 0 Å². The molecule has 2 rings (SSSR count). The van der Waals surface area contributed by atoms with Gasteiger partial charge in [-0.1, -0.05) is 12.8 Å². The Kier molecular flexibility index (Phi) is 4.17. The molecule has 0 spiro atoms. The van der Waals surface area contributed by atoms with Crippen LogP contribution in [0.2, 0.25) is 0 Å². The summed E-state index contributed by atoms with van der Waals surface area (Å²) in [6, 6.07) is 2.06. The minimum Gasteiger partial charge on any atom is -0.396 e. The number of hydrogen-bond acceptors (Lipinski definition) is 3. The van der Waals surface area contributed by atoms with Gasteiger partial charge < -0.3 is 10.8 Å². The van der Waals surface area contributed by atoms with Gasteiger partial charge in [-0.25, -0.2) is 0 Å². The summed E-state index contributed by atoms with van der Waals surface area (Å²) in [5.74, 6) is 0.769. The monoisotopic (exact) mass is 298 g/mol. The summed E-state index contributed by atoms with van der Waals surface area (Å²) in [5, 5.41) is 9.67. The lowest BCUT2D eigenvalue weighted by molar-refractivity contribution is 0.115. The molecule has 94 valence electrons. The lowest BCUT2D eigenvalue weighted by Crippen LogP contribution is -2.37. The zero-order chi connectivity index (χ0) is 12.3. The fourth-order valence-corrected chi connectivity index (χ4v) is 2.74. The maximum Gasteiger partial charge on any atom is 0.0502 e. The van der Waals surface area contributed by atoms with E-state index < -0.39 is 0 Å². The number of aromatic nitrogens is 1. The molecule has 1 heterocycles. The summed E-state index contributed by atoms with van der Waals surface area (Å²) in [7, 11) is 0. The number of halogens is 1. The summed E-state index contributed by atoms with van der Waals surface area (Å²) in [6.07, 6.45) is 8.05. The molecular formula is C13H19BrN2O. The molecule has 1 atom stereocenters. The van der Waals surface area contributed by atoms with Crippen molar-refractivity contribution >= 4 is 15.9 Å². The molecule has 1 aromatic rings. The van der Waals surface area contributed by atoms with E-state index in [0.717, 1.165) is 28.8 Å². The standard InChI is InChI=1S/C13H19BrN2O/c14-12-3-11(6-16-7-12)5-13(8-15,9-17)4-10-1-2-10/h3,6-7,10,17H,1-2,4-5,8-9,15H2. The Hall–Kier alpha value is -0.450. The van der Waals surface area contributed by atoms with Gasteiger partial charge in [-0.3, -0.25) is 4.98 Å². The van der Waals surface area contributed by atoms with Crippen molar-refractivity contribution < 1.29 is 5.11 Å². The summed E-state index contributed by atoms with van der Waals surface area (Å²) in [4.78, 5) is 4.16. The Bertz CT molecular complexity index is 375. The van der Waals surface area contributed by atoms with E-state index in [2.05, 4.69) is 27.0 Å². The Morgan fingerprint density at radius 3 is 2.76 bits per heavy atom. The third-order valence-corrected chi connectivity index (χ3v) is 3.96. The van der Waals surface area contributed by atoms with Crippen LogP contribution in [0, 0.1) is 11.3 Å². The van der Waals surface area contributed by atoms with E-state index in [9.17, 15) is 5.11 Å². The molecule has 1 aromatic heterocycles. The molecule has 1 aliphatic rings. The Labute approximate surface area is 111 Å². The lowest BCUT2D eigenvalue weighted by Gasteiger charge is -2.30. The molecule has 1 saturated carbocycles. The number of pyridine rings is 1. The second kappa shape index (κ2) is 5.46. The Balaban J connectivity index is 2.10. The van der Waals surface area contributed by atoms with Crippen molar-refractivity contribution in [2.45, 2.75) is 25.7 Å². The topological polar surface area (TPSA) is 59.1 Å². The van der Waals surface area contributed by atoms with E-state index in [4.69, 9.17) is 5.73 Å². The molecule has 1 aliphatic carbocycles. The highest BCUT2D eigenvalue weighted by atomic mass is 79.9. The van der Waals surface area contributed by atoms with E-state index in [1.165, 1.54) is 12.8 Å². The van der Waals surface area contributed by atoms with E-state index in [1.54, 1.807) is 6.20 Å². The van der Waals surface area contributed by atoms with E-state index in [-0.39, 0.29) is 12.0 Å². The fourth-order valence-electron chi connectivity index (χ4n) is 2.33. The molecule has 4 heteroatoms. The quantitative estimate of drug-likeness (QED) is 0.846. The van der Waals surface area contributed by atoms with Crippen molar-refractivity contribution in [1.82, 2.24) is 4.98 Å². The SMILES string of the molecule is NCC(CO)(Cc1cncc(Br)c1)CC1CC1. The Morgan fingerprint density at radius 2 is 2.24 bits per heavy atom. The van der Waals surface area contributed by atoms with Crippen LogP contribution in [0.3, 0.4) is 0 Å². The highest BCUT2D eigenvalue weighted by Crippen LogP contribution is 2.41. The lowest BCUT2D eigenvalue weighted by atomic mass is 9.78. The predicted octanol–water partition coefficient (Wildman–Crippen LogP) is 2.12. The highest BCUT2D eigenvalue weighted by molar-refractivity contribution is 9.10. The first kappa shape index (κ1) is 13.0. The minimum absolute atomic E-state index is 0.159. The molecule has 17 heavy (non-hydrogen) atoms. The largest absolute Gasteiger partial charge is 0.396 e. The van der Waals surface area contributed by atoms with E-state index in [1.807, 2.05) is 6.20 Å². The van der Waals surface area contributed by atoms with Gasteiger partial charge in [0, 0.05) is 28.8 Å². The number of rotatable bonds is 6. The molecule has 0 aromatic carbocycles. The molecule has 0 amide bonds. The zero-order valence-electron chi connectivity index (χ0n) is 9.90. The van der Waals surface area contributed by atoms with Crippen LogP contribution in [0.15, 0.2) is 22.9 Å². The van der Waals surface area contributed by atoms with Crippen molar-refractivity contribution in [3.63, 3.8) is 0 Å². The molecule has 1 unspecified atom stereocenters. The normalized spacial score (nSPS) is 19.0. The van der Waals surface area contributed by atoms with Crippen LogP contribution in [-0.4, -0.2) is 23.2 Å². The number of nitrogens with two attached hydrogens (primary N) is 1. The van der Waals surface area contributed by atoms with E-state index in [0.29, 0.717) is 6.54 Å². The van der Waals surface area contributed by atoms with Crippen LogP contribution in [0.4, 0.5) is 0 Å². The molecular weight excluding hydrogens is 280 g/mol. The van der Waals surface area contributed by atoms with Crippen molar-refractivity contribution in [2.24, 2.45) is 17.1 Å². The first-order chi connectivity index (χ1) is 8.17. The number of aliphatic hydroxyl groups is 1. The zero-order valence-corrected chi connectivity index (χ0v) is 11.5. The molecule has 3 N–H and O–H groups in total. The third-order valence-electron chi connectivity index (χ3n) is 3.53. The first-order valence-electron chi connectivity index (χ1n) is 6.08. The number of hydrogen-bond donors (Lipinski definition) is 2. The van der Waals surface area contributed by atoms with Gasteiger partial charge in [0.15, 0.2) is 0 Å². The van der Waals surface area contributed by atoms with Crippen molar-refractivity contribution in [3.8, 4) is 0 Å². The van der Waals surface area contributed by atoms with Gasteiger partial charge >= 0.3 is 0 Å². The smallest absolute Gasteiger partial charge is 0.0502 e. The maximum atomic E-state index is 9.67. The van der Waals surface area contributed by atoms with Gasteiger partial charge in [0.25, 0.3) is 0 Å². The summed E-state index contributed by atoms with van der Waals surface area (Å²) < 4.78 is 0.977. The average Bonchev–Trinajstić information content (AvgIpc) is 3.12. The number of aliphatic hydroxyl groups excluding tert-OH is 1. The van der Waals surface area contributed by atoms with Crippen molar-refractivity contribution in [2.75, 3.05) is 13.2 Å². The average molecular weight is 299 g/mol. The van der Waals surface area contributed by atoms with Crippen LogP contribution in [0.25, 0.3) is 0 Å². The molecule has 3 nitrogen and oxygen atoms in total. The molecule has 0 radical (unpaired) electrons. The third kappa shape index (κ3) is 3.50. The van der Waals surface area contributed by atoms with E-state index >= 15 is 0 Å². The highest BCUT2D eigenvalue weighted by Gasteiger charge is 2.35. The molecule has 1 fully saturated rings. The second-order valence-electron chi connectivity index (χ2n) is 5.20. The van der Waals surface area contributed by atoms with Crippen LogP contribution >= 0.6 is 15.9 Å². The van der Waals surface area contributed by atoms with Gasteiger partial charge in [0.2, 0.25) is 0 Å². The molecule has 0 bridgehead atoms. The van der Waals surface area contributed by atoms with Gasteiger partial charge in [-0.15, -0.1) is 0 Å². The van der Waals surface area contributed by atoms with Crippen LogP contribution in [0.5, 0.6) is 0 Å². The second-order valence-corrected chi connectivity index (χ2v) is 6.11. The molecule has 0 aliphatic heterocycles. The minimum atomic E-state index is -0.163.